The minimum atomic E-state index is -0.947. The van der Waals surface area contributed by atoms with Crippen LogP contribution in [0.25, 0.3) is 0 Å². The fourth-order valence-electron chi connectivity index (χ4n) is 0.678. The Kier molecular flexibility index (Phi) is 5.59. The van der Waals surface area contributed by atoms with Gasteiger partial charge in [-0.1, -0.05) is 11.6 Å². The van der Waals surface area contributed by atoms with Gasteiger partial charge in [-0.25, -0.2) is 0 Å². The number of carboxylic acids is 1. The molecule has 0 saturated heterocycles. The highest BCUT2D eigenvalue weighted by atomic mass is 16.4. The molecule has 0 radical (unpaired) electrons. The predicted octanol–water partition coefficient (Wildman–Crippen LogP) is 0.934. The van der Waals surface area contributed by atoms with Gasteiger partial charge in [0.1, 0.15) is 0 Å². The summed E-state index contributed by atoms with van der Waals surface area (Å²) in [6.45, 7) is 4.34. The van der Waals surface area contributed by atoms with Crippen molar-refractivity contribution in [1.29, 1.82) is 0 Å². The van der Waals surface area contributed by atoms with Gasteiger partial charge in [0.25, 0.3) is 0 Å². The van der Waals surface area contributed by atoms with Gasteiger partial charge in [-0.15, -0.1) is 0 Å². The summed E-state index contributed by atoms with van der Waals surface area (Å²) in [5, 5.41) is 10.9. The van der Waals surface area contributed by atoms with Crippen LogP contribution in [0.3, 0.4) is 0 Å². The lowest BCUT2D eigenvalue weighted by atomic mass is 10.3. The zero-order valence-corrected chi connectivity index (χ0v) is 7.96. The smallest absolute Gasteiger partial charge is 0.303 e. The van der Waals surface area contributed by atoms with Gasteiger partial charge >= 0.3 is 5.97 Å². The standard InChI is InChI=1S/C9H15NO3/c1-7(2)5-6-10-8(11)3-4-9(12)13/h5H,3-4,6H2,1-2H3,(H,10,11)(H,12,13). The molecule has 0 fully saturated rings. The van der Waals surface area contributed by atoms with Crippen molar-refractivity contribution in [1.82, 2.24) is 5.32 Å². The van der Waals surface area contributed by atoms with E-state index in [1.165, 1.54) is 0 Å². The number of rotatable bonds is 5. The van der Waals surface area contributed by atoms with Gasteiger partial charge in [0.05, 0.1) is 6.42 Å². The molecule has 0 aliphatic heterocycles. The molecule has 0 aromatic carbocycles. The zero-order valence-electron chi connectivity index (χ0n) is 7.96. The highest BCUT2D eigenvalue weighted by molar-refractivity contribution is 5.80. The highest BCUT2D eigenvalue weighted by Gasteiger charge is 2.02. The lowest BCUT2D eigenvalue weighted by Crippen LogP contribution is -2.23. The molecule has 0 aromatic heterocycles. The molecule has 0 rings (SSSR count). The molecule has 4 heteroatoms. The normalized spacial score (nSPS) is 9.08. The Morgan fingerprint density at radius 1 is 1.31 bits per heavy atom. The van der Waals surface area contributed by atoms with Crippen LogP contribution in [0.4, 0.5) is 0 Å². The first-order valence-electron chi connectivity index (χ1n) is 4.14. The maximum atomic E-state index is 10.9. The number of carboxylic acid groups (broad SMARTS) is 1. The number of hydrogen-bond acceptors (Lipinski definition) is 2. The minimum absolute atomic E-state index is 0.0476. The maximum absolute atomic E-state index is 10.9. The second kappa shape index (κ2) is 6.22. The summed E-state index contributed by atoms with van der Waals surface area (Å²) in [7, 11) is 0. The summed E-state index contributed by atoms with van der Waals surface area (Å²) in [5.74, 6) is -1.17. The van der Waals surface area contributed by atoms with Crippen LogP contribution in [0.1, 0.15) is 26.7 Å². The first-order chi connectivity index (χ1) is 6.02. The molecular weight excluding hydrogens is 170 g/mol. The van der Waals surface area contributed by atoms with Gasteiger partial charge in [0.2, 0.25) is 5.91 Å². The van der Waals surface area contributed by atoms with Crippen LogP contribution in [-0.2, 0) is 9.59 Å². The summed E-state index contributed by atoms with van der Waals surface area (Å²) < 4.78 is 0. The molecule has 0 unspecified atom stereocenters. The first kappa shape index (κ1) is 11.7. The van der Waals surface area contributed by atoms with E-state index in [1.54, 1.807) is 0 Å². The fraction of sp³-hybridized carbons (Fsp3) is 0.556. The van der Waals surface area contributed by atoms with Gasteiger partial charge in [0.15, 0.2) is 0 Å². The van der Waals surface area contributed by atoms with E-state index in [-0.39, 0.29) is 18.7 Å². The summed E-state index contributed by atoms with van der Waals surface area (Å²) in [4.78, 5) is 21.0. The SMILES string of the molecule is CC(C)=CCNC(=O)CCC(=O)O. The van der Waals surface area contributed by atoms with Crippen LogP contribution < -0.4 is 5.32 Å². The predicted molar refractivity (Wildman–Crippen MR) is 49.3 cm³/mol. The molecule has 13 heavy (non-hydrogen) atoms. The molecule has 0 heterocycles. The average Bonchev–Trinajstić information content (AvgIpc) is 2.00. The van der Waals surface area contributed by atoms with Crippen molar-refractivity contribution in [2.45, 2.75) is 26.7 Å². The third kappa shape index (κ3) is 8.59. The van der Waals surface area contributed by atoms with E-state index < -0.39 is 5.97 Å². The van der Waals surface area contributed by atoms with E-state index >= 15 is 0 Å². The molecule has 0 atom stereocenters. The monoisotopic (exact) mass is 185 g/mol. The molecule has 2 N–H and O–H groups in total. The molecule has 4 nitrogen and oxygen atoms in total. The van der Waals surface area contributed by atoms with E-state index in [1.807, 2.05) is 19.9 Å². The Hall–Kier alpha value is -1.32. The van der Waals surface area contributed by atoms with Gasteiger partial charge in [-0.3, -0.25) is 9.59 Å². The molecule has 0 spiro atoms. The summed E-state index contributed by atoms with van der Waals surface area (Å²) in [5.41, 5.74) is 1.12. The summed E-state index contributed by atoms with van der Waals surface area (Å²) >= 11 is 0. The summed E-state index contributed by atoms with van der Waals surface area (Å²) in [6, 6.07) is 0. The second-order valence-corrected chi connectivity index (χ2v) is 2.98. The fourth-order valence-corrected chi connectivity index (χ4v) is 0.678. The molecule has 1 amide bonds. The largest absolute Gasteiger partial charge is 0.481 e. The third-order valence-corrected chi connectivity index (χ3v) is 1.38. The number of hydrogen-bond donors (Lipinski definition) is 2. The number of carbonyl (C=O) groups excluding carboxylic acids is 1. The van der Waals surface area contributed by atoms with Crippen molar-refractivity contribution in [3.63, 3.8) is 0 Å². The van der Waals surface area contributed by atoms with Gasteiger partial charge in [-0.2, -0.15) is 0 Å². The van der Waals surface area contributed by atoms with Crippen molar-refractivity contribution in [2.75, 3.05) is 6.54 Å². The number of amides is 1. The number of aliphatic carboxylic acids is 1. The summed E-state index contributed by atoms with van der Waals surface area (Å²) in [6.07, 6.45) is 1.81. The lowest BCUT2D eigenvalue weighted by molar-refractivity contribution is -0.138. The number of nitrogens with one attached hydrogen (secondary N) is 1. The van der Waals surface area contributed by atoms with Crippen LogP contribution in [0.5, 0.6) is 0 Å². The minimum Gasteiger partial charge on any atom is -0.481 e. The maximum Gasteiger partial charge on any atom is 0.303 e. The second-order valence-electron chi connectivity index (χ2n) is 2.98. The van der Waals surface area contributed by atoms with Crippen LogP contribution in [0.2, 0.25) is 0 Å². The van der Waals surface area contributed by atoms with Gasteiger partial charge in [-0.05, 0) is 13.8 Å². The van der Waals surface area contributed by atoms with Crippen molar-refractivity contribution >= 4 is 11.9 Å². The average molecular weight is 185 g/mol. The van der Waals surface area contributed by atoms with Crippen molar-refractivity contribution in [3.8, 4) is 0 Å². The van der Waals surface area contributed by atoms with E-state index in [9.17, 15) is 9.59 Å². The van der Waals surface area contributed by atoms with Crippen molar-refractivity contribution in [2.24, 2.45) is 0 Å². The Bertz CT molecular complexity index is 217. The van der Waals surface area contributed by atoms with Crippen molar-refractivity contribution < 1.29 is 14.7 Å². The lowest BCUT2D eigenvalue weighted by Gasteiger charge is -2.00. The van der Waals surface area contributed by atoms with Gasteiger partial charge in [0, 0.05) is 13.0 Å². The van der Waals surface area contributed by atoms with Crippen LogP contribution >= 0.6 is 0 Å². The van der Waals surface area contributed by atoms with E-state index in [2.05, 4.69) is 5.32 Å². The molecule has 74 valence electrons. The van der Waals surface area contributed by atoms with Crippen LogP contribution in [-0.4, -0.2) is 23.5 Å². The molecule has 0 aromatic rings. The third-order valence-electron chi connectivity index (χ3n) is 1.38. The Morgan fingerprint density at radius 3 is 2.38 bits per heavy atom. The van der Waals surface area contributed by atoms with Gasteiger partial charge < -0.3 is 10.4 Å². The van der Waals surface area contributed by atoms with E-state index in [0.717, 1.165) is 5.57 Å². The topological polar surface area (TPSA) is 66.4 Å². The molecule has 0 aliphatic rings. The zero-order chi connectivity index (χ0) is 10.3. The Labute approximate surface area is 77.6 Å². The first-order valence-corrected chi connectivity index (χ1v) is 4.14. The number of allylic oxidation sites excluding steroid dienone is 1. The Morgan fingerprint density at radius 2 is 1.92 bits per heavy atom. The quantitative estimate of drug-likeness (QED) is 0.626. The van der Waals surface area contributed by atoms with Crippen LogP contribution in [0, 0.1) is 0 Å². The van der Waals surface area contributed by atoms with Crippen molar-refractivity contribution in [3.05, 3.63) is 11.6 Å². The van der Waals surface area contributed by atoms with Crippen LogP contribution in [0.15, 0.2) is 11.6 Å². The molecule has 0 saturated carbocycles. The van der Waals surface area contributed by atoms with E-state index in [4.69, 9.17) is 5.11 Å². The number of carbonyl (C=O) groups is 2. The Balaban J connectivity index is 3.52. The molecular formula is C9H15NO3. The molecule has 0 bridgehead atoms. The highest BCUT2D eigenvalue weighted by Crippen LogP contribution is 1.89. The van der Waals surface area contributed by atoms with E-state index in [0.29, 0.717) is 6.54 Å². The molecule has 0 aliphatic carbocycles.